The van der Waals surface area contributed by atoms with Crippen LogP contribution in [-0.4, -0.2) is 19.5 Å². The SMILES string of the molecule is [CH2]C(OCCC(C)(C)C)OCCC(C)(C)C. The van der Waals surface area contributed by atoms with Crippen LogP contribution in [0.1, 0.15) is 54.4 Å². The van der Waals surface area contributed by atoms with E-state index in [-0.39, 0.29) is 6.29 Å². The van der Waals surface area contributed by atoms with Crippen molar-refractivity contribution in [1.82, 2.24) is 0 Å². The third-order valence-electron chi connectivity index (χ3n) is 2.31. The van der Waals surface area contributed by atoms with Crippen molar-refractivity contribution in [2.75, 3.05) is 13.2 Å². The van der Waals surface area contributed by atoms with Crippen LogP contribution in [0, 0.1) is 17.8 Å². The van der Waals surface area contributed by atoms with Gasteiger partial charge < -0.3 is 9.47 Å². The van der Waals surface area contributed by atoms with Crippen molar-refractivity contribution in [2.24, 2.45) is 10.8 Å². The van der Waals surface area contributed by atoms with Crippen LogP contribution in [0.15, 0.2) is 0 Å². The van der Waals surface area contributed by atoms with E-state index in [2.05, 4.69) is 48.5 Å². The first-order chi connectivity index (χ1) is 7.10. The maximum absolute atomic E-state index is 5.50. The van der Waals surface area contributed by atoms with Crippen molar-refractivity contribution in [3.05, 3.63) is 6.92 Å². The maximum Gasteiger partial charge on any atom is 0.157 e. The third-order valence-corrected chi connectivity index (χ3v) is 2.31. The highest BCUT2D eigenvalue weighted by atomic mass is 16.7. The van der Waals surface area contributed by atoms with Gasteiger partial charge in [0.25, 0.3) is 0 Å². The quantitative estimate of drug-likeness (QED) is 0.640. The molecule has 0 spiro atoms. The van der Waals surface area contributed by atoms with Crippen molar-refractivity contribution >= 4 is 0 Å². The topological polar surface area (TPSA) is 18.5 Å². The van der Waals surface area contributed by atoms with Crippen molar-refractivity contribution < 1.29 is 9.47 Å². The molecule has 16 heavy (non-hydrogen) atoms. The van der Waals surface area contributed by atoms with Crippen LogP contribution in [0.5, 0.6) is 0 Å². The molecule has 0 aromatic heterocycles. The second-order valence-electron chi connectivity index (χ2n) is 6.79. The Hall–Kier alpha value is -0.0800. The summed E-state index contributed by atoms with van der Waals surface area (Å²) in [5, 5.41) is 0. The third kappa shape index (κ3) is 12.0. The van der Waals surface area contributed by atoms with Gasteiger partial charge in [0.1, 0.15) is 0 Å². The normalized spacial score (nSPS) is 13.5. The molecule has 0 amide bonds. The summed E-state index contributed by atoms with van der Waals surface area (Å²) in [6.45, 7) is 18.5. The molecule has 0 bridgehead atoms. The van der Waals surface area contributed by atoms with E-state index in [0.29, 0.717) is 24.0 Å². The number of ether oxygens (including phenoxy) is 2. The number of hydrogen-bond acceptors (Lipinski definition) is 2. The highest BCUT2D eigenvalue weighted by Crippen LogP contribution is 2.20. The van der Waals surface area contributed by atoms with Crippen LogP contribution >= 0.6 is 0 Å². The Kier molecular flexibility index (Phi) is 6.57. The molecule has 2 nitrogen and oxygen atoms in total. The Labute approximate surface area is 102 Å². The monoisotopic (exact) mass is 229 g/mol. The lowest BCUT2D eigenvalue weighted by molar-refractivity contribution is -0.121. The molecule has 1 radical (unpaired) electrons. The predicted molar refractivity (Wildman–Crippen MR) is 69.2 cm³/mol. The Morgan fingerprint density at radius 3 is 1.38 bits per heavy atom. The van der Waals surface area contributed by atoms with E-state index in [1.807, 2.05) is 0 Å². The minimum Gasteiger partial charge on any atom is -0.353 e. The van der Waals surface area contributed by atoms with Gasteiger partial charge in [0.15, 0.2) is 6.29 Å². The number of rotatable bonds is 6. The predicted octanol–water partition coefficient (Wildman–Crippen LogP) is 4.05. The van der Waals surface area contributed by atoms with Gasteiger partial charge in [-0.05, 0) is 23.7 Å². The van der Waals surface area contributed by atoms with Gasteiger partial charge in [-0.15, -0.1) is 0 Å². The number of hydrogen-bond donors (Lipinski definition) is 0. The summed E-state index contributed by atoms with van der Waals surface area (Å²) in [5.41, 5.74) is 0.621. The standard InChI is InChI=1S/C14H29O2/c1-12(15-10-8-13(2,3)4)16-11-9-14(5,6)7/h12H,1,8-11H2,2-7H3. The highest BCUT2D eigenvalue weighted by Gasteiger charge is 2.13. The van der Waals surface area contributed by atoms with Crippen LogP contribution in [-0.2, 0) is 9.47 Å². The molecule has 0 heterocycles. The summed E-state index contributed by atoms with van der Waals surface area (Å²) in [5.74, 6) is 0. The summed E-state index contributed by atoms with van der Waals surface area (Å²) < 4.78 is 11.0. The second kappa shape index (κ2) is 6.61. The first-order valence-electron chi connectivity index (χ1n) is 6.16. The molecule has 0 aliphatic rings. The zero-order valence-corrected chi connectivity index (χ0v) is 11.9. The van der Waals surface area contributed by atoms with Crippen molar-refractivity contribution in [3.63, 3.8) is 0 Å². The van der Waals surface area contributed by atoms with Gasteiger partial charge in [0.05, 0.1) is 13.2 Å². The molecule has 2 heteroatoms. The van der Waals surface area contributed by atoms with Gasteiger partial charge in [-0.25, -0.2) is 0 Å². The summed E-state index contributed by atoms with van der Waals surface area (Å²) in [6, 6.07) is 0. The molecule has 0 saturated heterocycles. The van der Waals surface area contributed by atoms with Crippen molar-refractivity contribution in [2.45, 2.75) is 60.7 Å². The smallest absolute Gasteiger partial charge is 0.157 e. The average molecular weight is 229 g/mol. The minimum absolute atomic E-state index is 0.311. The molecule has 0 aromatic carbocycles. The van der Waals surface area contributed by atoms with Crippen molar-refractivity contribution in [1.29, 1.82) is 0 Å². The Balaban J connectivity index is 3.49. The largest absolute Gasteiger partial charge is 0.353 e. The Bertz CT molecular complexity index is 154. The molecular weight excluding hydrogens is 200 g/mol. The van der Waals surface area contributed by atoms with E-state index < -0.39 is 0 Å². The zero-order chi connectivity index (χ0) is 12.8. The molecular formula is C14H29O2. The lowest BCUT2D eigenvalue weighted by Crippen LogP contribution is -2.20. The molecule has 0 aliphatic carbocycles. The van der Waals surface area contributed by atoms with E-state index in [1.54, 1.807) is 0 Å². The van der Waals surface area contributed by atoms with Gasteiger partial charge >= 0.3 is 0 Å². The van der Waals surface area contributed by atoms with E-state index >= 15 is 0 Å². The lowest BCUT2D eigenvalue weighted by atomic mass is 9.93. The molecule has 0 atom stereocenters. The summed E-state index contributed by atoms with van der Waals surface area (Å²) in [7, 11) is 0. The molecule has 97 valence electrons. The fraction of sp³-hybridized carbons (Fsp3) is 0.929. The molecule has 0 fully saturated rings. The molecule has 0 aromatic rings. The lowest BCUT2D eigenvalue weighted by Gasteiger charge is -2.22. The molecule has 0 saturated carbocycles. The van der Waals surface area contributed by atoms with Crippen LogP contribution in [0.3, 0.4) is 0 Å². The first kappa shape index (κ1) is 15.9. The fourth-order valence-electron chi connectivity index (χ4n) is 1.04. The van der Waals surface area contributed by atoms with Crippen LogP contribution in [0.2, 0.25) is 0 Å². The molecule has 0 unspecified atom stereocenters. The molecule has 0 aliphatic heterocycles. The first-order valence-corrected chi connectivity index (χ1v) is 6.16. The van der Waals surface area contributed by atoms with Gasteiger partial charge in [-0.1, -0.05) is 41.5 Å². The summed E-state index contributed by atoms with van der Waals surface area (Å²) >= 11 is 0. The van der Waals surface area contributed by atoms with Crippen LogP contribution < -0.4 is 0 Å². The van der Waals surface area contributed by atoms with E-state index in [1.165, 1.54) is 0 Å². The van der Waals surface area contributed by atoms with E-state index in [9.17, 15) is 0 Å². The van der Waals surface area contributed by atoms with Gasteiger partial charge in [-0.2, -0.15) is 0 Å². The maximum atomic E-state index is 5.50. The van der Waals surface area contributed by atoms with Crippen LogP contribution in [0.4, 0.5) is 0 Å². The zero-order valence-electron chi connectivity index (χ0n) is 11.9. The Morgan fingerprint density at radius 2 is 1.12 bits per heavy atom. The minimum atomic E-state index is -0.329. The van der Waals surface area contributed by atoms with Gasteiger partial charge in [0, 0.05) is 6.92 Å². The molecule has 0 N–H and O–H groups in total. The average Bonchev–Trinajstić information content (AvgIpc) is 1.98. The van der Waals surface area contributed by atoms with Crippen molar-refractivity contribution in [3.8, 4) is 0 Å². The van der Waals surface area contributed by atoms with Crippen LogP contribution in [0.25, 0.3) is 0 Å². The molecule has 0 rings (SSSR count). The fourth-order valence-corrected chi connectivity index (χ4v) is 1.04. The van der Waals surface area contributed by atoms with E-state index in [4.69, 9.17) is 9.47 Å². The van der Waals surface area contributed by atoms with Gasteiger partial charge in [-0.3, -0.25) is 0 Å². The summed E-state index contributed by atoms with van der Waals surface area (Å²) in [4.78, 5) is 0. The second-order valence-corrected chi connectivity index (χ2v) is 6.79. The summed E-state index contributed by atoms with van der Waals surface area (Å²) in [6.07, 6.45) is 1.73. The van der Waals surface area contributed by atoms with Gasteiger partial charge in [0.2, 0.25) is 0 Å². The Morgan fingerprint density at radius 1 is 0.812 bits per heavy atom. The van der Waals surface area contributed by atoms with E-state index in [0.717, 1.165) is 12.8 Å². The highest BCUT2D eigenvalue weighted by molar-refractivity contribution is 4.62.